The Bertz CT molecular complexity index is 643. The first-order chi connectivity index (χ1) is 10.9. The van der Waals surface area contributed by atoms with Gasteiger partial charge in [-0.3, -0.25) is 9.59 Å². The van der Waals surface area contributed by atoms with Crippen LogP contribution in [0.4, 0.5) is 4.39 Å². The number of aliphatic carboxylic acids is 1. The normalized spacial score (nSPS) is 23.6. The molecule has 6 nitrogen and oxygen atoms in total. The predicted octanol–water partition coefficient (Wildman–Crippen LogP) is 1.79. The maximum atomic E-state index is 14.2. The molecule has 0 unspecified atom stereocenters. The van der Waals surface area contributed by atoms with E-state index in [1.165, 1.54) is 18.2 Å². The van der Waals surface area contributed by atoms with Gasteiger partial charge in [0, 0.05) is 5.56 Å². The molecule has 1 aromatic rings. The van der Waals surface area contributed by atoms with Gasteiger partial charge in [0.05, 0.1) is 18.5 Å². The molecule has 0 spiro atoms. The Morgan fingerprint density at radius 3 is 2.57 bits per heavy atom. The molecule has 1 N–H and O–H groups in total. The Hall–Kier alpha value is -1.61. The number of nitrogens with zero attached hydrogens (tertiary/aromatic N) is 1. The summed E-state index contributed by atoms with van der Waals surface area (Å²) in [5, 5.41) is 6.89. The quantitative estimate of drug-likeness (QED) is 0.607. The molecule has 9 heteroatoms. The van der Waals surface area contributed by atoms with Crippen molar-refractivity contribution < 1.29 is 28.6 Å². The molecule has 3 atom stereocenters. The van der Waals surface area contributed by atoms with Crippen molar-refractivity contribution in [3.8, 4) is 0 Å². The molecule has 0 aliphatic carbocycles. The van der Waals surface area contributed by atoms with Crippen molar-refractivity contribution in [3.05, 3.63) is 35.6 Å². The number of carboxylic acid groups (broad SMARTS) is 1. The summed E-state index contributed by atoms with van der Waals surface area (Å²) in [7, 11) is 1.16. The molecule has 23 heavy (non-hydrogen) atoms. The minimum Gasteiger partial charge on any atom is -0.479 e. The third-order valence-corrected chi connectivity index (χ3v) is 5.30. The number of alkyl halides is 1. The minimum atomic E-state index is -1.30. The molecule has 0 radical (unpaired) electrons. The van der Waals surface area contributed by atoms with Crippen molar-refractivity contribution in [2.75, 3.05) is 12.4 Å². The van der Waals surface area contributed by atoms with Crippen LogP contribution in [0.15, 0.2) is 24.3 Å². The molecular formula is C14H13BrFNO5S. The van der Waals surface area contributed by atoms with Crippen LogP contribution in [-0.4, -0.2) is 50.9 Å². The van der Waals surface area contributed by atoms with E-state index >= 15 is 0 Å². The van der Waals surface area contributed by atoms with E-state index in [2.05, 4.69) is 15.9 Å². The molecule has 1 aliphatic heterocycles. The van der Waals surface area contributed by atoms with Crippen molar-refractivity contribution in [1.29, 1.82) is 0 Å². The van der Waals surface area contributed by atoms with Gasteiger partial charge in [0.25, 0.3) is 0 Å². The van der Waals surface area contributed by atoms with Gasteiger partial charge < -0.3 is 14.7 Å². The van der Waals surface area contributed by atoms with E-state index in [9.17, 15) is 23.9 Å². The lowest BCUT2D eigenvalue weighted by atomic mass is 10.0. The van der Waals surface area contributed by atoms with E-state index in [0.717, 1.165) is 23.8 Å². The lowest BCUT2D eigenvalue weighted by Gasteiger charge is -2.28. The Kier molecular flexibility index (Phi) is 5.64. The van der Waals surface area contributed by atoms with Crippen molar-refractivity contribution in [3.63, 3.8) is 0 Å². The second-order valence-electron chi connectivity index (χ2n) is 4.67. The zero-order valence-electron chi connectivity index (χ0n) is 11.9. The molecule has 2 rings (SSSR count). The first-order valence-corrected chi connectivity index (χ1v) is 8.56. The number of esters is 1. The Balaban J connectivity index is 2.57. The van der Waals surface area contributed by atoms with Crippen LogP contribution in [0, 0.1) is 5.82 Å². The number of carbonyl (C=O) groups excluding carboxylic acids is 2. The van der Waals surface area contributed by atoms with Crippen LogP contribution in [0.1, 0.15) is 11.6 Å². The van der Waals surface area contributed by atoms with E-state index in [4.69, 9.17) is 4.74 Å². The fourth-order valence-corrected chi connectivity index (χ4v) is 4.13. The van der Waals surface area contributed by atoms with Gasteiger partial charge in [0.1, 0.15) is 11.1 Å². The monoisotopic (exact) mass is 405 g/mol. The number of carboxylic acids is 1. The van der Waals surface area contributed by atoms with Crippen LogP contribution in [0.25, 0.3) is 0 Å². The highest BCUT2D eigenvalue weighted by Crippen LogP contribution is 2.46. The number of methoxy groups -OCH3 is 1. The molecule has 0 saturated carbocycles. The van der Waals surface area contributed by atoms with Gasteiger partial charge in [-0.2, -0.15) is 0 Å². The highest BCUT2D eigenvalue weighted by Gasteiger charge is 2.52. The third kappa shape index (κ3) is 3.35. The number of hydrogen-bond acceptors (Lipinski definition) is 5. The topological polar surface area (TPSA) is 83.9 Å². The van der Waals surface area contributed by atoms with Crippen molar-refractivity contribution in [2.24, 2.45) is 0 Å². The molecule has 1 aliphatic rings. The molecule has 1 saturated heterocycles. The summed E-state index contributed by atoms with van der Waals surface area (Å²) in [6.07, 6.45) is 0. The Morgan fingerprint density at radius 2 is 2.04 bits per heavy atom. The zero-order valence-corrected chi connectivity index (χ0v) is 14.3. The number of benzene rings is 1. The molecule has 1 heterocycles. The number of amides is 1. The van der Waals surface area contributed by atoms with E-state index in [0.29, 0.717) is 0 Å². The van der Waals surface area contributed by atoms with Gasteiger partial charge in [0.15, 0.2) is 5.37 Å². The van der Waals surface area contributed by atoms with Crippen LogP contribution in [0.5, 0.6) is 0 Å². The second kappa shape index (κ2) is 7.31. The fraction of sp³-hybridized carbons (Fsp3) is 0.357. The first kappa shape index (κ1) is 17.7. The molecular weight excluding hydrogens is 393 g/mol. The van der Waals surface area contributed by atoms with Gasteiger partial charge in [0.2, 0.25) is 5.91 Å². The van der Waals surface area contributed by atoms with E-state index in [-0.39, 0.29) is 10.9 Å². The molecule has 0 bridgehead atoms. The lowest BCUT2D eigenvalue weighted by molar-refractivity contribution is -0.148. The molecule has 1 aromatic carbocycles. The maximum absolute atomic E-state index is 14.2. The summed E-state index contributed by atoms with van der Waals surface area (Å²) in [5.74, 6) is -3.16. The summed E-state index contributed by atoms with van der Waals surface area (Å²) in [6, 6.07) is 4.59. The van der Waals surface area contributed by atoms with E-state index in [1.54, 1.807) is 6.07 Å². The first-order valence-electron chi connectivity index (χ1n) is 6.50. The smallest absolute Gasteiger partial charge is 0.337 e. The number of halogens is 2. The average molecular weight is 406 g/mol. The summed E-state index contributed by atoms with van der Waals surface area (Å²) in [5.41, 5.74) is 0.0773. The van der Waals surface area contributed by atoms with Crippen LogP contribution in [0.2, 0.25) is 0 Å². The number of thioether (sulfide) groups is 1. The highest BCUT2D eigenvalue weighted by atomic mass is 79.9. The Labute approximate surface area is 144 Å². The number of ether oxygens (including phenoxy) is 1. The van der Waals surface area contributed by atoms with Crippen molar-refractivity contribution >= 4 is 45.5 Å². The molecule has 1 fully saturated rings. The second-order valence-corrected chi connectivity index (χ2v) is 6.46. The van der Waals surface area contributed by atoms with Crippen LogP contribution in [-0.2, 0) is 19.1 Å². The van der Waals surface area contributed by atoms with Crippen LogP contribution < -0.4 is 0 Å². The fourth-order valence-electron chi connectivity index (χ4n) is 2.43. The van der Waals surface area contributed by atoms with E-state index in [1.807, 2.05) is 0 Å². The van der Waals surface area contributed by atoms with Crippen LogP contribution >= 0.6 is 27.7 Å². The summed E-state index contributed by atoms with van der Waals surface area (Å²) >= 11 is 3.75. The number of carbonyl (C=O) groups is 3. The lowest BCUT2D eigenvalue weighted by Crippen LogP contribution is -2.43. The summed E-state index contributed by atoms with van der Waals surface area (Å²) in [6.45, 7) is 0. The van der Waals surface area contributed by atoms with Gasteiger partial charge in [-0.1, -0.05) is 34.1 Å². The SMILES string of the molecule is COC(=O)[C@H]1S[C@@H](C(=O)O)N(C(=O)CBr)[C@H]1c1ccccc1F. The zero-order chi connectivity index (χ0) is 17.1. The van der Waals surface area contributed by atoms with Gasteiger partial charge >= 0.3 is 11.9 Å². The minimum absolute atomic E-state index is 0.0773. The Morgan fingerprint density at radius 1 is 1.39 bits per heavy atom. The molecule has 124 valence electrons. The summed E-state index contributed by atoms with van der Waals surface area (Å²) in [4.78, 5) is 36.7. The standard InChI is InChI=1S/C14H13BrFNO5S/c1-22-14(21)11-10(7-4-2-3-5-8(7)16)17(9(18)6-15)12(23-11)13(19)20/h2-5,10-12H,6H2,1H3,(H,19,20)/t10-,11-,12-/m0/s1. The van der Waals surface area contributed by atoms with Crippen molar-refractivity contribution in [1.82, 2.24) is 4.90 Å². The number of rotatable bonds is 4. The largest absolute Gasteiger partial charge is 0.479 e. The van der Waals surface area contributed by atoms with E-state index < -0.39 is 40.3 Å². The summed E-state index contributed by atoms with van der Waals surface area (Å²) < 4.78 is 18.9. The van der Waals surface area contributed by atoms with Crippen molar-refractivity contribution in [2.45, 2.75) is 16.7 Å². The third-order valence-electron chi connectivity index (χ3n) is 3.39. The molecule has 1 amide bonds. The van der Waals surface area contributed by atoms with Crippen LogP contribution in [0.3, 0.4) is 0 Å². The van der Waals surface area contributed by atoms with Gasteiger partial charge in [-0.25, -0.2) is 9.18 Å². The molecule has 0 aromatic heterocycles. The predicted molar refractivity (Wildman–Crippen MR) is 84.6 cm³/mol. The number of hydrogen-bond donors (Lipinski definition) is 1. The maximum Gasteiger partial charge on any atom is 0.337 e. The highest BCUT2D eigenvalue weighted by molar-refractivity contribution is 9.09. The van der Waals surface area contributed by atoms with Gasteiger partial charge in [-0.15, -0.1) is 11.8 Å². The average Bonchev–Trinajstić information content (AvgIpc) is 2.94. The van der Waals surface area contributed by atoms with Gasteiger partial charge in [-0.05, 0) is 6.07 Å².